The SMILES string of the molecule is Cc1nc2c(OCc3c(F)cccc3F)cccn2c1C(=O)NC[C@]1(c2ccccc2)CC[C@H](O)[C@H]1O. The number of hydrogen-bond donors (Lipinski definition) is 3. The van der Waals surface area contributed by atoms with Gasteiger partial charge in [-0.15, -0.1) is 0 Å². The third kappa shape index (κ3) is 4.45. The van der Waals surface area contributed by atoms with Crippen molar-refractivity contribution in [2.45, 2.75) is 44.0 Å². The van der Waals surface area contributed by atoms with Crippen LogP contribution >= 0.6 is 0 Å². The lowest BCUT2D eigenvalue weighted by Gasteiger charge is -2.34. The lowest BCUT2D eigenvalue weighted by Crippen LogP contribution is -2.48. The van der Waals surface area contributed by atoms with E-state index in [-0.39, 0.29) is 30.2 Å². The highest BCUT2D eigenvalue weighted by atomic mass is 19.1. The van der Waals surface area contributed by atoms with Gasteiger partial charge in [0.05, 0.1) is 23.5 Å². The Balaban J connectivity index is 1.40. The number of aryl methyl sites for hydroxylation is 1. The largest absolute Gasteiger partial charge is 0.485 e. The molecular weight excluding hydrogens is 480 g/mol. The topological polar surface area (TPSA) is 96.1 Å². The maximum absolute atomic E-state index is 14.0. The molecule has 3 N–H and O–H groups in total. The molecule has 192 valence electrons. The van der Waals surface area contributed by atoms with Crippen LogP contribution in [0.1, 0.15) is 40.2 Å². The minimum atomic E-state index is -1.03. The van der Waals surface area contributed by atoms with Gasteiger partial charge in [0.1, 0.15) is 23.9 Å². The first-order valence-electron chi connectivity index (χ1n) is 12.0. The molecule has 9 heteroatoms. The molecule has 0 unspecified atom stereocenters. The average Bonchev–Trinajstić information content (AvgIpc) is 3.39. The third-order valence-electron chi connectivity index (χ3n) is 7.17. The monoisotopic (exact) mass is 507 g/mol. The molecule has 0 bridgehead atoms. The number of aliphatic hydroxyl groups excluding tert-OH is 2. The van der Waals surface area contributed by atoms with Crippen LogP contribution in [0.2, 0.25) is 0 Å². The van der Waals surface area contributed by atoms with E-state index in [4.69, 9.17) is 4.74 Å². The summed E-state index contributed by atoms with van der Waals surface area (Å²) in [6, 6.07) is 16.2. The van der Waals surface area contributed by atoms with E-state index in [2.05, 4.69) is 10.3 Å². The van der Waals surface area contributed by atoms with E-state index in [1.54, 1.807) is 29.7 Å². The van der Waals surface area contributed by atoms with Gasteiger partial charge in [-0.3, -0.25) is 9.20 Å². The molecule has 0 spiro atoms. The van der Waals surface area contributed by atoms with Crippen LogP contribution in [0.3, 0.4) is 0 Å². The molecule has 37 heavy (non-hydrogen) atoms. The van der Waals surface area contributed by atoms with Gasteiger partial charge < -0.3 is 20.3 Å². The average molecular weight is 508 g/mol. The second kappa shape index (κ2) is 9.91. The van der Waals surface area contributed by atoms with Crippen LogP contribution in [0.4, 0.5) is 8.78 Å². The number of halogens is 2. The molecular formula is C28H27F2N3O4. The molecule has 0 aliphatic heterocycles. The molecule has 5 rings (SSSR count). The molecule has 7 nitrogen and oxygen atoms in total. The fraction of sp³-hybridized carbons (Fsp3) is 0.286. The highest BCUT2D eigenvalue weighted by Gasteiger charge is 2.48. The number of nitrogens with zero attached hydrogens (tertiary/aromatic N) is 2. The second-order valence-electron chi connectivity index (χ2n) is 9.36. The fourth-order valence-corrected chi connectivity index (χ4v) is 5.14. The van der Waals surface area contributed by atoms with E-state index >= 15 is 0 Å². The number of imidazole rings is 1. The molecule has 4 aromatic rings. The van der Waals surface area contributed by atoms with Crippen molar-refractivity contribution in [3.8, 4) is 5.75 Å². The van der Waals surface area contributed by atoms with E-state index < -0.39 is 35.2 Å². The summed E-state index contributed by atoms with van der Waals surface area (Å²) in [6.07, 6.45) is 0.674. The number of carbonyl (C=O) groups is 1. The molecule has 2 aromatic carbocycles. The van der Waals surface area contributed by atoms with Crippen LogP contribution in [0.25, 0.3) is 5.65 Å². The number of aliphatic hydroxyl groups is 2. The number of nitrogens with one attached hydrogen (secondary N) is 1. The zero-order chi connectivity index (χ0) is 26.2. The Morgan fingerprint density at radius 2 is 1.84 bits per heavy atom. The lowest BCUT2D eigenvalue weighted by molar-refractivity contribution is 0.00795. The fourth-order valence-electron chi connectivity index (χ4n) is 5.14. The van der Waals surface area contributed by atoms with Crippen molar-refractivity contribution in [2.24, 2.45) is 0 Å². The minimum Gasteiger partial charge on any atom is -0.485 e. The molecule has 3 atom stereocenters. The summed E-state index contributed by atoms with van der Waals surface area (Å²) in [4.78, 5) is 17.9. The van der Waals surface area contributed by atoms with E-state index in [1.165, 1.54) is 6.07 Å². The van der Waals surface area contributed by atoms with Gasteiger partial charge in [0.2, 0.25) is 0 Å². The maximum Gasteiger partial charge on any atom is 0.270 e. The Morgan fingerprint density at radius 1 is 1.11 bits per heavy atom. The highest BCUT2D eigenvalue weighted by Crippen LogP contribution is 2.41. The highest BCUT2D eigenvalue weighted by molar-refractivity contribution is 5.95. The first kappa shape index (κ1) is 24.9. The predicted molar refractivity (Wildman–Crippen MR) is 132 cm³/mol. The Labute approximate surface area is 212 Å². The van der Waals surface area contributed by atoms with E-state index in [1.807, 2.05) is 30.3 Å². The standard InChI is InChI=1S/C28H27F2N3O4/c1-17-24(27(36)31-16-28(13-12-22(34)25(28)35)18-7-3-2-4-8-18)33-14-6-11-23(26(33)32-17)37-15-19-20(29)9-5-10-21(19)30/h2-11,14,22,25,34-35H,12-13,15-16H2,1H3,(H,31,36)/t22-,25+,28-/m0/s1. The smallest absolute Gasteiger partial charge is 0.270 e. The summed E-state index contributed by atoms with van der Waals surface area (Å²) >= 11 is 0. The molecule has 1 aliphatic rings. The van der Waals surface area contributed by atoms with Gasteiger partial charge in [-0.1, -0.05) is 36.4 Å². The quantitative estimate of drug-likeness (QED) is 0.355. The van der Waals surface area contributed by atoms with Crippen LogP contribution < -0.4 is 10.1 Å². The van der Waals surface area contributed by atoms with Crippen molar-refractivity contribution in [3.63, 3.8) is 0 Å². The lowest BCUT2D eigenvalue weighted by atomic mass is 9.76. The zero-order valence-corrected chi connectivity index (χ0v) is 20.2. The molecule has 1 fully saturated rings. The molecule has 0 radical (unpaired) electrons. The number of carbonyl (C=O) groups excluding carboxylic acids is 1. The van der Waals surface area contributed by atoms with Crippen LogP contribution in [0.5, 0.6) is 5.75 Å². The van der Waals surface area contributed by atoms with Crippen LogP contribution in [0, 0.1) is 18.6 Å². The van der Waals surface area contributed by atoms with Crippen molar-refractivity contribution in [2.75, 3.05) is 6.54 Å². The molecule has 1 saturated carbocycles. The van der Waals surface area contributed by atoms with Gasteiger partial charge in [-0.2, -0.15) is 0 Å². The summed E-state index contributed by atoms with van der Waals surface area (Å²) in [7, 11) is 0. The summed E-state index contributed by atoms with van der Waals surface area (Å²) in [6.45, 7) is 1.46. The number of amides is 1. The number of pyridine rings is 1. The summed E-state index contributed by atoms with van der Waals surface area (Å²) in [5, 5.41) is 24.1. The van der Waals surface area contributed by atoms with Crippen molar-refractivity contribution >= 4 is 11.6 Å². The van der Waals surface area contributed by atoms with Crippen molar-refractivity contribution in [1.29, 1.82) is 0 Å². The maximum atomic E-state index is 14.0. The van der Waals surface area contributed by atoms with E-state index in [0.717, 1.165) is 17.7 Å². The molecule has 0 saturated heterocycles. The van der Waals surface area contributed by atoms with Gasteiger partial charge >= 0.3 is 0 Å². The molecule has 1 aliphatic carbocycles. The van der Waals surface area contributed by atoms with Crippen molar-refractivity contribution < 1.29 is 28.5 Å². The van der Waals surface area contributed by atoms with Crippen molar-refractivity contribution in [3.05, 3.63) is 101 Å². The number of aromatic nitrogens is 2. The Hall–Kier alpha value is -3.82. The van der Waals surface area contributed by atoms with Gasteiger partial charge in [0.25, 0.3) is 5.91 Å². The van der Waals surface area contributed by atoms with E-state index in [9.17, 15) is 23.8 Å². The van der Waals surface area contributed by atoms with Gasteiger partial charge in [0.15, 0.2) is 11.4 Å². The molecule has 1 amide bonds. The molecule has 2 aromatic heterocycles. The number of fused-ring (bicyclic) bond motifs is 1. The minimum absolute atomic E-state index is 0.115. The normalized spacial score (nSPS) is 21.3. The summed E-state index contributed by atoms with van der Waals surface area (Å²) in [5.41, 5.74) is 0.846. The summed E-state index contributed by atoms with van der Waals surface area (Å²) in [5.74, 6) is -1.57. The number of rotatable bonds is 7. The van der Waals surface area contributed by atoms with Crippen LogP contribution in [-0.2, 0) is 12.0 Å². The van der Waals surface area contributed by atoms with Crippen LogP contribution in [-0.4, -0.2) is 44.3 Å². The first-order chi connectivity index (χ1) is 17.8. The number of hydrogen-bond acceptors (Lipinski definition) is 5. The number of benzene rings is 2. The molecule has 2 heterocycles. The first-order valence-corrected chi connectivity index (χ1v) is 12.0. The number of ether oxygens (including phenoxy) is 1. The Kier molecular flexibility index (Phi) is 6.66. The second-order valence-corrected chi connectivity index (χ2v) is 9.36. The predicted octanol–water partition coefficient (Wildman–Crippen LogP) is 3.68. The van der Waals surface area contributed by atoms with Crippen molar-refractivity contribution in [1.82, 2.24) is 14.7 Å². The summed E-state index contributed by atoms with van der Waals surface area (Å²) < 4.78 is 35.3. The van der Waals surface area contributed by atoms with Gasteiger partial charge in [0, 0.05) is 18.2 Å². The van der Waals surface area contributed by atoms with Gasteiger partial charge in [-0.05, 0) is 49.6 Å². The van der Waals surface area contributed by atoms with Crippen LogP contribution in [0.15, 0.2) is 66.9 Å². The van der Waals surface area contributed by atoms with E-state index in [0.29, 0.717) is 24.2 Å². The van der Waals surface area contributed by atoms with Gasteiger partial charge in [-0.25, -0.2) is 13.8 Å². The third-order valence-corrected chi connectivity index (χ3v) is 7.17. The Morgan fingerprint density at radius 3 is 2.51 bits per heavy atom. The zero-order valence-electron chi connectivity index (χ0n) is 20.2. The Bertz CT molecular complexity index is 1420.